The van der Waals surface area contributed by atoms with Crippen molar-refractivity contribution < 1.29 is 13.6 Å². The lowest BCUT2D eigenvalue weighted by Gasteiger charge is -2.15. The van der Waals surface area contributed by atoms with E-state index >= 15 is 0 Å². The first-order valence-electron chi connectivity index (χ1n) is 11.2. The van der Waals surface area contributed by atoms with Gasteiger partial charge in [0.25, 0.3) is 5.92 Å². The molecule has 0 spiro atoms. The van der Waals surface area contributed by atoms with Crippen LogP contribution in [-0.4, -0.2) is 29.9 Å². The van der Waals surface area contributed by atoms with Crippen LogP contribution in [0.3, 0.4) is 0 Å². The molecule has 36 heavy (non-hydrogen) atoms. The highest BCUT2D eigenvalue weighted by Gasteiger charge is 2.26. The largest absolute Gasteiger partial charge is 0.306 e. The molecule has 0 unspecified atom stereocenters. The maximum atomic E-state index is 14.2. The number of halogens is 2. The van der Waals surface area contributed by atoms with Crippen LogP contribution >= 0.6 is 0 Å². The smallest absolute Gasteiger partial charge is 0.270 e. The zero-order chi connectivity index (χ0) is 25.3. The van der Waals surface area contributed by atoms with Crippen LogP contribution in [0.1, 0.15) is 45.4 Å². The van der Waals surface area contributed by atoms with Gasteiger partial charge in [0.05, 0.1) is 18.2 Å². The second-order valence-electron chi connectivity index (χ2n) is 8.57. The first kappa shape index (κ1) is 23.1. The second-order valence-corrected chi connectivity index (χ2v) is 8.57. The topological polar surface area (TPSA) is 65.1 Å². The number of alkyl halides is 2. The van der Waals surface area contributed by atoms with Gasteiger partial charge in [-0.25, -0.2) is 23.3 Å². The maximum absolute atomic E-state index is 14.2. The number of aryl methyl sites for hydroxylation is 1. The Morgan fingerprint density at radius 1 is 1.06 bits per heavy atom. The average Bonchev–Trinajstić information content (AvgIpc) is 3.48. The Hall–Kier alpha value is -4.64. The molecular formula is C28H21F2N5O. The molecule has 0 N–H and O–H groups in total. The highest BCUT2D eigenvalue weighted by Crippen LogP contribution is 2.30. The molecule has 0 saturated heterocycles. The Labute approximate surface area is 206 Å². The third-order valence-electron chi connectivity index (χ3n) is 5.66. The molecule has 0 aliphatic carbocycles. The van der Waals surface area contributed by atoms with E-state index in [1.807, 2.05) is 13.0 Å². The van der Waals surface area contributed by atoms with Crippen molar-refractivity contribution in [1.29, 1.82) is 0 Å². The molecular weight excluding hydrogens is 460 g/mol. The number of imidazole rings is 2. The maximum Gasteiger partial charge on any atom is 0.270 e. The van der Waals surface area contributed by atoms with Gasteiger partial charge in [-0.1, -0.05) is 18.1 Å². The Bertz CT molecular complexity index is 1650. The van der Waals surface area contributed by atoms with E-state index in [1.165, 1.54) is 12.1 Å². The summed E-state index contributed by atoms with van der Waals surface area (Å²) in [6.07, 6.45) is 6.58. The first-order chi connectivity index (χ1) is 17.3. The van der Waals surface area contributed by atoms with Gasteiger partial charge in [-0.2, -0.15) is 5.10 Å². The minimum atomic E-state index is -3.05. The van der Waals surface area contributed by atoms with Crippen molar-refractivity contribution in [3.8, 4) is 17.5 Å². The Balaban J connectivity index is 1.42. The van der Waals surface area contributed by atoms with Crippen LogP contribution in [0.15, 0.2) is 79.5 Å². The van der Waals surface area contributed by atoms with Crippen molar-refractivity contribution in [1.82, 2.24) is 24.1 Å². The molecule has 0 aliphatic rings. The van der Waals surface area contributed by atoms with Gasteiger partial charge in [-0.3, -0.25) is 4.79 Å². The van der Waals surface area contributed by atoms with Gasteiger partial charge in [-0.15, -0.1) is 0 Å². The zero-order valence-corrected chi connectivity index (χ0v) is 19.6. The van der Waals surface area contributed by atoms with Gasteiger partial charge >= 0.3 is 0 Å². The standard InChI is InChI=1S/C28H21F2N5O/c1-19-17-34(18-32-19)25-13-21(12-23(15-25)28(2,29)30)14-26(36)22-6-3-5-20(11-22)8-9-24-16-31-27-7-4-10-33-35(24)27/h3-7,10-13,15-18H,14H2,1-2H3. The van der Waals surface area contributed by atoms with Crippen LogP contribution in [0.5, 0.6) is 0 Å². The van der Waals surface area contributed by atoms with Crippen LogP contribution in [0, 0.1) is 18.8 Å². The molecule has 0 radical (unpaired) electrons. The molecule has 5 rings (SSSR count). The molecule has 0 atom stereocenters. The predicted molar refractivity (Wildman–Crippen MR) is 131 cm³/mol. The number of hydrogen-bond donors (Lipinski definition) is 0. The fraction of sp³-hybridized carbons (Fsp3) is 0.143. The molecule has 8 heteroatoms. The lowest BCUT2D eigenvalue weighted by molar-refractivity contribution is 0.0173. The second kappa shape index (κ2) is 9.19. The number of fused-ring (bicyclic) bond motifs is 1. The Kier molecular flexibility index (Phi) is 5.90. The quantitative estimate of drug-likeness (QED) is 0.257. The van der Waals surface area contributed by atoms with Gasteiger partial charge in [0, 0.05) is 48.1 Å². The number of ketones is 1. The number of Topliss-reactive ketones (excluding diaryl/α,β-unsaturated/α-hetero) is 1. The lowest BCUT2D eigenvalue weighted by atomic mass is 9.98. The molecule has 5 aromatic rings. The van der Waals surface area contributed by atoms with Gasteiger partial charge < -0.3 is 4.57 Å². The number of nitrogens with zero attached hydrogens (tertiary/aromatic N) is 5. The third-order valence-corrected chi connectivity index (χ3v) is 5.66. The highest BCUT2D eigenvalue weighted by atomic mass is 19.3. The molecule has 0 amide bonds. The summed E-state index contributed by atoms with van der Waals surface area (Å²) in [7, 11) is 0. The number of carbonyl (C=O) groups excluding carboxylic acids is 1. The van der Waals surface area contributed by atoms with Crippen LogP contribution in [-0.2, 0) is 12.3 Å². The molecule has 2 aromatic carbocycles. The summed E-state index contributed by atoms with van der Waals surface area (Å²) in [5.41, 5.74) is 4.04. The van der Waals surface area contributed by atoms with Gasteiger partial charge in [0.2, 0.25) is 0 Å². The van der Waals surface area contributed by atoms with Crippen LogP contribution < -0.4 is 0 Å². The fourth-order valence-corrected chi connectivity index (χ4v) is 3.85. The average molecular weight is 482 g/mol. The molecule has 0 aliphatic heterocycles. The predicted octanol–water partition coefficient (Wildman–Crippen LogP) is 5.16. The molecule has 3 heterocycles. The van der Waals surface area contributed by atoms with Gasteiger partial charge in [0.15, 0.2) is 11.4 Å². The van der Waals surface area contributed by atoms with Gasteiger partial charge in [-0.05, 0) is 60.9 Å². The Morgan fingerprint density at radius 2 is 1.92 bits per heavy atom. The van der Waals surface area contributed by atoms with E-state index in [9.17, 15) is 13.6 Å². The minimum absolute atomic E-state index is 0.0291. The zero-order valence-electron chi connectivity index (χ0n) is 19.6. The van der Waals surface area contributed by atoms with E-state index < -0.39 is 5.92 Å². The fourth-order valence-electron chi connectivity index (χ4n) is 3.85. The monoisotopic (exact) mass is 481 g/mol. The van der Waals surface area contributed by atoms with Crippen molar-refractivity contribution >= 4 is 11.4 Å². The van der Waals surface area contributed by atoms with Crippen LogP contribution in [0.4, 0.5) is 8.78 Å². The van der Waals surface area contributed by atoms with E-state index in [-0.39, 0.29) is 17.8 Å². The number of rotatable bonds is 5. The molecule has 178 valence electrons. The molecule has 6 nitrogen and oxygen atoms in total. The van der Waals surface area contributed by atoms with Crippen molar-refractivity contribution in [2.24, 2.45) is 0 Å². The van der Waals surface area contributed by atoms with E-state index in [1.54, 1.807) is 70.4 Å². The number of aromatic nitrogens is 5. The molecule has 0 saturated carbocycles. The summed E-state index contributed by atoms with van der Waals surface area (Å²) in [5.74, 6) is 2.84. The minimum Gasteiger partial charge on any atom is -0.306 e. The summed E-state index contributed by atoms with van der Waals surface area (Å²) < 4.78 is 31.7. The van der Waals surface area contributed by atoms with E-state index in [0.717, 1.165) is 12.6 Å². The first-order valence-corrected chi connectivity index (χ1v) is 11.2. The number of benzene rings is 2. The number of hydrogen-bond acceptors (Lipinski definition) is 4. The SMILES string of the molecule is Cc1cn(-c2cc(CC(=O)c3cccc(C#Cc4cnc5cccnn45)c3)cc(C(C)(F)F)c2)cn1. The van der Waals surface area contributed by atoms with Crippen molar-refractivity contribution in [2.45, 2.75) is 26.2 Å². The van der Waals surface area contributed by atoms with E-state index in [4.69, 9.17) is 0 Å². The van der Waals surface area contributed by atoms with E-state index in [2.05, 4.69) is 26.9 Å². The lowest BCUT2D eigenvalue weighted by Crippen LogP contribution is -2.11. The van der Waals surface area contributed by atoms with E-state index in [0.29, 0.717) is 33.7 Å². The van der Waals surface area contributed by atoms with Crippen molar-refractivity contribution in [2.75, 3.05) is 0 Å². The van der Waals surface area contributed by atoms with Crippen molar-refractivity contribution in [3.63, 3.8) is 0 Å². The number of carbonyl (C=O) groups is 1. The molecule has 0 fully saturated rings. The summed E-state index contributed by atoms with van der Waals surface area (Å²) in [6.45, 7) is 2.67. The summed E-state index contributed by atoms with van der Waals surface area (Å²) in [5, 5.41) is 4.24. The third kappa shape index (κ3) is 4.91. The van der Waals surface area contributed by atoms with Crippen molar-refractivity contribution in [3.05, 3.63) is 113 Å². The summed E-state index contributed by atoms with van der Waals surface area (Å²) in [4.78, 5) is 21.5. The van der Waals surface area contributed by atoms with Crippen LogP contribution in [0.25, 0.3) is 11.3 Å². The summed E-state index contributed by atoms with van der Waals surface area (Å²) >= 11 is 0. The summed E-state index contributed by atoms with van der Waals surface area (Å²) in [6, 6.07) is 15.1. The van der Waals surface area contributed by atoms with Gasteiger partial charge in [0.1, 0.15) is 5.69 Å². The Morgan fingerprint density at radius 3 is 2.69 bits per heavy atom. The van der Waals surface area contributed by atoms with Crippen LogP contribution in [0.2, 0.25) is 0 Å². The normalized spacial score (nSPS) is 11.3. The molecule has 0 bridgehead atoms. The highest BCUT2D eigenvalue weighted by molar-refractivity contribution is 5.97. The molecule has 3 aromatic heterocycles.